The van der Waals surface area contributed by atoms with E-state index in [1.165, 1.54) is 5.01 Å². The van der Waals surface area contributed by atoms with Crippen LogP contribution in [0.15, 0.2) is 29.7 Å². The second-order valence-corrected chi connectivity index (χ2v) is 7.81. The molecule has 6 nitrogen and oxygen atoms in total. The highest BCUT2D eigenvalue weighted by molar-refractivity contribution is 7.09. The van der Waals surface area contributed by atoms with E-state index in [4.69, 9.17) is 4.74 Å². The zero-order chi connectivity index (χ0) is 19.4. The second-order valence-electron chi connectivity index (χ2n) is 6.92. The van der Waals surface area contributed by atoms with Crippen LogP contribution >= 0.6 is 11.3 Å². The number of ether oxygens (including phenoxy) is 1. The minimum absolute atomic E-state index is 0.178. The number of thiazole rings is 1. The Balaban J connectivity index is 1.80. The van der Waals surface area contributed by atoms with Gasteiger partial charge in [-0.1, -0.05) is 26.0 Å². The molecule has 2 aromatic heterocycles. The molecule has 0 amide bonds. The number of nitrogens with zero attached hydrogens (tertiary/aromatic N) is 5. The lowest BCUT2D eigenvalue weighted by molar-refractivity contribution is 0.414. The molecule has 0 aliphatic rings. The molecule has 0 atom stereocenters. The summed E-state index contributed by atoms with van der Waals surface area (Å²) in [6, 6.07) is 6.09. The standard InChI is InChI=1S/C20H25N5OS/c1-13(2)20-21-17(12-27-20)8-6-7-15-11-16(9-10-18(15)26-5)19-22-24-25(23-19)14(3)4/h6-7,9-14H,8H2,1-5H3/b7-6+. The molecule has 3 aromatic rings. The fourth-order valence-electron chi connectivity index (χ4n) is 2.55. The normalized spacial score (nSPS) is 11.8. The molecule has 0 fully saturated rings. The van der Waals surface area contributed by atoms with E-state index in [1.54, 1.807) is 23.2 Å². The van der Waals surface area contributed by atoms with Crippen molar-refractivity contribution in [1.29, 1.82) is 0 Å². The maximum absolute atomic E-state index is 5.49. The van der Waals surface area contributed by atoms with Gasteiger partial charge in [-0.05, 0) is 37.3 Å². The minimum atomic E-state index is 0.178. The van der Waals surface area contributed by atoms with Gasteiger partial charge in [0.2, 0.25) is 5.82 Å². The molecule has 0 bridgehead atoms. The summed E-state index contributed by atoms with van der Waals surface area (Å²) < 4.78 is 5.49. The quantitative estimate of drug-likeness (QED) is 0.588. The summed E-state index contributed by atoms with van der Waals surface area (Å²) in [7, 11) is 1.68. The van der Waals surface area contributed by atoms with Gasteiger partial charge >= 0.3 is 0 Å². The van der Waals surface area contributed by atoms with E-state index >= 15 is 0 Å². The molecule has 27 heavy (non-hydrogen) atoms. The molecule has 142 valence electrons. The van der Waals surface area contributed by atoms with Crippen molar-refractivity contribution in [3.8, 4) is 17.1 Å². The Hall–Kier alpha value is -2.54. The van der Waals surface area contributed by atoms with Gasteiger partial charge in [-0.25, -0.2) is 4.98 Å². The van der Waals surface area contributed by atoms with Gasteiger partial charge < -0.3 is 4.74 Å². The van der Waals surface area contributed by atoms with Crippen molar-refractivity contribution in [3.63, 3.8) is 0 Å². The molecule has 0 unspecified atom stereocenters. The Morgan fingerprint density at radius 2 is 2.04 bits per heavy atom. The Kier molecular flexibility index (Phi) is 6.01. The molecule has 0 radical (unpaired) electrons. The Morgan fingerprint density at radius 3 is 2.67 bits per heavy atom. The topological polar surface area (TPSA) is 65.7 Å². The van der Waals surface area contributed by atoms with Gasteiger partial charge in [0.1, 0.15) is 5.75 Å². The number of rotatable bonds is 7. The SMILES string of the molecule is COc1ccc(-c2nnn(C(C)C)n2)cc1/C=C/Cc1csc(C(C)C)n1. The second kappa shape index (κ2) is 8.43. The minimum Gasteiger partial charge on any atom is -0.496 e. The van der Waals surface area contributed by atoms with E-state index in [0.29, 0.717) is 11.7 Å². The monoisotopic (exact) mass is 383 g/mol. The molecule has 2 heterocycles. The predicted molar refractivity (Wildman–Crippen MR) is 109 cm³/mol. The predicted octanol–water partition coefficient (Wildman–Crippen LogP) is 4.77. The van der Waals surface area contributed by atoms with E-state index in [2.05, 4.69) is 51.8 Å². The van der Waals surface area contributed by atoms with Gasteiger partial charge in [0.05, 0.1) is 23.9 Å². The van der Waals surface area contributed by atoms with Crippen LogP contribution in [0.25, 0.3) is 17.5 Å². The first-order chi connectivity index (χ1) is 13.0. The molecule has 0 N–H and O–H groups in total. The molecule has 1 aromatic carbocycles. The number of allylic oxidation sites excluding steroid dienone is 1. The maximum Gasteiger partial charge on any atom is 0.204 e. The van der Waals surface area contributed by atoms with Crippen LogP contribution in [0, 0.1) is 0 Å². The third kappa shape index (κ3) is 4.60. The molecule has 7 heteroatoms. The summed E-state index contributed by atoms with van der Waals surface area (Å²) in [5.41, 5.74) is 2.99. The van der Waals surface area contributed by atoms with Crippen LogP contribution in [0.2, 0.25) is 0 Å². The first-order valence-corrected chi connectivity index (χ1v) is 9.94. The zero-order valence-electron chi connectivity index (χ0n) is 16.4. The van der Waals surface area contributed by atoms with Crippen LogP contribution in [0.3, 0.4) is 0 Å². The van der Waals surface area contributed by atoms with Crippen LogP contribution in [-0.2, 0) is 6.42 Å². The molecule has 0 saturated heterocycles. The third-order valence-corrected chi connectivity index (χ3v) is 5.26. The third-order valence-electron chi connectivity index (χ3n) is 4.07. The summed E-state index contributed by atoms with van der Waals surface area (Å²) in [5.74, 6) is 1.89. The molecule has 0 aliphatic heterocycles. The summed E-state index contributed by atoms with van der Waals surface area (Å²) in [4.78, 5) is 6.29. The molecule has 0 aliphatic carbocycles. The first-order valence-electron chi connectivity index (χ1n) is 9.06. The average Bonchev–Trinajstić information content (AvgIpc) is 3.31. The molecular weight excluding hydrogens is 358 g/mol. The smallest absolute Gasteiger partial charge is 0.204 e. The van der Waals surface area contributed by atoms with Crippen molar-refractivity contribution in [1.82, 2.24) is 25.2 Å². The average molecular weight is 384 g/mol. The molecule has 0 saturated carbocycles. The van der Waals surface area contributed by atoms with Crippen molar-refractivity contribution < 1.29 is 4.74 Å². The van der Waals surface area contributed by atoms with E-state index in [0.717, 1.165) is 29.0 Å². The number of methoxy groups -OCH3 is 1. The highest BCUT2D eigenvalue weighted by Gasteiger charge is 2.10. The van der Waals surface area contributed by atoms with Crippen LogP contribution in [0.1, 0.15) is 55.9 Å². The highest BCUT2D eigenvalue weighted by Crippen LogP contribution is 2.26. The van der Waals surface area contributed by atoms with Gasteiger partial charge in [0, 0.05) is 28.8 Å². The van der Waals surface area contributed by atoms with Gasteiger partial charge in [0.25, 0.3) is 0 Å². The fraction of sp³-hybridized carbons (Fsp3) is 0.400. The number of tetrazole rings is 1. The summed E-state index contributed by atoms with van der Waals surface area (Å²) in [6.45, 7) is 8.38. The Labute approximate surface area is 163 Å². The Bertz CT molecular complexity index is 926. The van der Waals surface area contributed by atoms with Crippen molar-refractivity contribution in [3.05, 3.63) is 45.9 Å². The van der Waals surface area contributed by atoms with Gasteiger partial charge in [-0.2, -0.15) is 4.80 Å². The van der Waals surface area contributed by atoms with Crippen molar-refractivity contribution >= 4 is 17.4 Å². The maximum atomic E-state index is 5.49. The number of hydrogen-bond donors (Lipinski definition) is 0. The van der Waals surface area contributed by atoms with Crippen LogP contribution in [-0.4, -0.2) is 32.3 Å². The van der Waals surface area contributed by atoms with Crippen molar-refractivity contribution in [2.45, 2.75) is 46.1 Å². The number of benzene rings is 1. The largest absolute Gasteiger partial charge is 0.496 e. The lowest BCUT2D eigenvalue weighted by Gasteiger charge is -2.06. The van der Waals surface area contributed by atoms with Gasteiger partial charge in [0.15, 0.2) is 0 Å². The zero-order valence-corrected chi connectivity index (χ0v) is 17.2. The molecular formula is C20H25N5OS. The summed E-state index contributed by atoms with van der Waals surface area (Å²) in [6.07, 6.45) is 4.96. The van der Waals surface area contributed by atoms with E-state index in [-0.39, 0.29) is 6.04 Å². The van der Waals surface area contributed by atoms with Crippen LogP contribution in [0.5, 0.6) is 5.75 Å². The van der Waals surface area contributed by atoms with Crippen LogP contribution < -0.4 is 4.74 Å². The lowest BCUT2D eigenvalue weighted by atomic mass is 10.1. The number of hydrogen-bond acceptors (Lipinski definition) is 6. The van der Waals surface area contributed by atoms with Crippen molar-refractivity contribution in [2.24, 2.45) is 0 Å². The number of aromatic nitrogens is 5. The van der Waals surface area contributed by atoms with Gasteiger partial charge in [-0.15, -0.1) is 21.5 Å². The highest BCUT2D eigenvalue weighted by atomic mass is 32.1. The molecule has 0 spiro atoms. The summed E-state index contributed by atoms with van der Waals surface area (Å²) >= 11 is 1.72. The van der Waals surface area contributed by atoms with Gasteiger partial charge in [-0.3, -0.25) is 0 Å². The molecule has 3 rings (SSSR count). The van der Waals surface area contributed by atoms with Crippen molar-refractivity contribution in [2.75, 3.05) is 7.11 Å². The fourth-order valence-corrected chi connectivity index (χ4v) is 3.40. The van der Waals surface area contributed by atoms with E-state index < -0.39 is 0 Å². The lowest BCUT2D eigenvalue weighted by Crippen LogP contribution is -2.04. The summed E-state index contributed by atoms with van der Waals surface area (Å²) in [5, 5.41) is 16.0. The van der Waals surface area contributed by atoms with Crippen LogP contribution in [0.4, 0.5) is 0 Å². The Morgan fingerprint density at radius 1 is 1.22 bits per heavy atom. The van der Waals surface area contributed by atoms with E-state index in [1.807, 2.05) is 32.0 Å². The van der Waals surface area contributed by atoms with E-state index in [9.17, 15) is 0 Å². The first kappa shape index (κ1) is 19.2.